The number of likely N-dealkylation sites (tertiary alicyclic amines) is 1. The highest BCUT2D eigenvalue weighted by Gasteiger charge is 2.39. The maximum absolute atomic E-state index is 13.1. The molecule has 0 radical (unpaired) electrons. The molecule has 0 aromatic heterocycles. The van der Waals surface area contributed by atoms with Gasteiger partial charge in [0.15, 0.2) is 5.11 Å². The highest BCUT2D eigenvalue weighted by molar-refractivity contribution is 7.80. The van der Waals surface area contributed by atoms with Gasteiger partial charge in [-0.1, -0.05) is 36.4 Å². The summed E-state index contributed by atoms with van der Waals surface area (Å²) in [5, 5.41) is 15.8. The zero-order valence-corrected chi connectivity index (χ0v) is 19.7. The second-order valence-corrected chi connectivity index (χ2v) is 9.31. The summed E-state index contributed by atoms with van der Waals surface area (Å²) in [6.45, 7) is 3.06. The Morgan fingerprint density at radius 3 is 2.76 bits per heavy atom. The number of ether oxygens (including phenoxy) is 1. The normalized spacial score (nSPS) is 22.4. The van der Waals surface area contributed by atoms with E-state index in [1.807, 2.05) is 36.4 Å². The van der Waals surface area contributed by atoms with E-state index in [9.17, 15) is 9.90 Å². The van der Waals surface area contributed by atoms with Crippen LogP contribution < -0.4 is 11.2 Å². The molecule has 1 saturated heterocycles. The minimum Gasteiger partial charge on any atom is -0.507 e. The molecule has 2 aliphatic heterocycles. The lowest BCUT2D eigenvalue weighted by molar-refractivity contribution is -0.145. The van der Waals surface area contributed by atoms with Gasteiger partial charge < -0.3 is 20.5 Å². The van der Waals surface area contributed by atoms with Crippen molar-refractivity contribution in [3.05, 3.63) is 58.9 Å². The third-order valence-electron chi connectivity index (χ3n) is 6.61. The number of benzene rings is 1. The molecule has 4 N–H and O–H groups in total. The first-order valence-corrected chi connectivity index (χ1v) is 12.2. The molecule has 8 heteroatoms. The number of nitrogens with one attached hydrogen (secondary N) is 1. The molecule has 1 aliphatic carbocycles. The summed E-state index contributed by atoms with van der Waals surface area (Å²) < 4.78 is 5.77. The summed E-state index contributed by atoms with van der Waals surface area (Å²) in [6.07, 6.45) is 7.79. The van der Waals surface area contributed by atoms with Crippen molar-refractivity contribution in [2.24, 2.45) is 10.8 Å². The average molecular weight is 469 g/mol. The summed E-state index contributed by atoms with van der Waals surface area (Å²) in [6, 6.07) is 9.75. The number of allylic oxidation sites excluding steroid dienone is 1. The molecular weight excluding hydrogens is 436 g/mol. The summed E-state index contributed by atoms with van der Waals surface area (Å²) in [7, 11) is 0. The molecule has 7 nitrogen and oxygen atoms in total. The molecule has 2 unspecified atom stereocenters. The van der Waals surface area contributed by atoms with E-state index in [0.717, 1.165) is 55.7 Å². The van der Waals surface area contributed by atoms with Gasteiger partial charge in [0.1, 0.15) is 11.9 Å². The number of rotatable bonds is 8. The molecule has 33 heavy (non-hydrogen) atoms. The summed E-state index contributed by atoms with van der Waals surface area (Å²) >= 11 is 4.96. The van der Waals surface area contributed by atoms with Gasteiger partial charge in [-0.05, 0) is 69.4 Å². The molecule has 2 heterocycles. The molecule has 4 rings (SSSR count). The Balaban J connectivity index is 1.67. The van der Waals surface area contributed by atoms with Crippen molar-refractivity contribution >= 4 is 29.0 Å². The van der Waals surface area contributed by atoms with Crippen LogP contribution in [0.15, 0.2) is 58.4 Å². The Hall–Kier alpha value is -2.71. The average Bonchev–Trinajstić information content (AvgIpc) is 3.34. The van der Waals surface area contributed by atoms with E-state index in [1.54, 1.807) is 0 Å². The summed E-state index contributed by atoms with van der Waals surface area (Å²) in [5.74, 6) is -0.787. The van der Waals surface area contributed by atoms with Gasteiger partial charge in [0.2, 0.25) is 0 Å². The number of aliphatic hydroxyl groups is 1. The zero-order valence-electron chi connectivity index (χ0n) is 18.8. The van der Waals surface area contributed by atoms with Crippen molar-refractivity contribution in [1.82, 2.24) is 10.3 Å². The first-order chi connectivity index (χ1) is 16.0. The highest BCUT2D eigenvalue weighted by Crippen LogP contribution is 2.40. The molecule has 176 valence electrons. The fourth-order valence-electron chi connectivity index (χ4n) is 4.91. The second kappa shape index (κ2) is 10.9. The number of nitrogens with zero attached hydrogens (tertiary/aromatic N) is 2. The van der Waals surface area contributed by atoms with Crippen LogP contribution in [0, 0.1) is 0 Å². The molecule has 0 spiro atoms. The number of fused-ring (bicyclic) bond motifs is 1. The molecule has 0 saturated carbocycles. The fraction of sp³-hybridized carbons (Fsp3) is 0.480. The number of thiocarbonyl (C=S) groups is 1. The third kappa shape index (κ3) is 5.81. The lowest BCUT2D eigenvalue weighted by Gasteiger charge is -2.32. The van der Waals surface area contributed by atoms with Crippen molar-refractivity contribution in [2.75, 3.05) is 19.6 Å². The predicted octanol–water partition coefficient (Wildman–Crippen LogP) is 3.68. The lowest BCUT2D eigenvalue weighted by atomic mass is 9.81. The zero-order chi connectivity index (χ0) is 23.2. The van der Waals surface area contributed by atoms with Gasteiger partial charge in [-0.3, -0.25) is 5.43 Å². The second-order valence-electron chi connectivity index (χ2n) is 8.87. The van der Waals surface area contributed by atoms with Crippen molar-refractivity contribution in [3.8, 4) is 0 Å². The van der Waals surface area contributed by atoms with Crippen LogP contribution in [0.1, 0.15) is 56.4 Å². The number of aliphatic hydroxyl groups excluding tert-OH is 1. The minimum atomic E-state index is -0.452. The van der Waals surface area contributed by atoms with Gasteiger partial charge in [0, 0.05) is 30.2 Å². The van der Waals surface area contributed by atoms with Crippen molar-refractivity contribution in [3.63, 3.8) is 0 Å². The fourth-order valence-corrected chi connectivity index (χ4v) is 4.96. The maximum atomic E-state index is 13.1. The van der Waals surface area contributed by atoms with Crippen LogP contribution in [0.4, 0.5) is 0 Å². The quantitative estimate of drug-likeness (QED) is 0.232. The van der Waals surface area contributed by atoms with Crippen LogP contribution in [0.5, 0.6) is 0 Å². The van der Waals surface area contributed by atoms with Crippen LogP contribution in [0.2, 0.25) is 0 Å². The third-order valence-corrected chi connectivity index (χ3v) is 6.70. The van der Waals surface area contributed by atoms with E-state index >= 15 is 0 Å². The van der Waals surface area contributed by atoms with Crippen LogP contribution in [0.25, 0.3) is 0 Å². The molecule has 1 aromatic rings. The molecular formula is C25H32N4O3S. The van der Waals surface area contributed by atoms with Crippen LogP contribution in [-0.2, 0) is 9.53 Å². The predicted molar refractivity (Wildman–Crippen MR) is 133 cm³/mol. The molecule has 1 aromatic carbocycles. The molecule has 0 amide bonds. The number of hydrazone groups is 1. The number of carbonyl (C=O) groups excluding carboxylic acids is 1. The highest BCUT2D eigenvalue weighted by atomic mass is 32.1. The van der Waals surface area contributed by atoms with Crippen LogP contribution in [0.3, 0.4) is 0 Å². The minimum absolute atomic E-state index is 0.0611. The van der Waals surface area contributed by atoms with Crippen molar-refractivity contribution in [1.29, 1.82) is 0 Å². The topological polar surface area (TPSA) is 100 Å². The Morgan fingerprint density at radius 2 is 2.03 bits per heavy atom. The van der Waals surface area contributed by atoms with Gasteiger partial charge >= 0.3 is 5.97 Å². The van der Waals surface area contributed by atoms with Gasteiger partial charge in [-0.15, -0.1) is 0 Å². The molecule has 2 atom stereocenters. The smallest absolute Gasteiger partial charge is 0.339 e. The monoisotopic (exact) mass is 468 g/mol. The van der Waals surface area contributed by atoms with E-state index in [4.69, 9.17) is 22.7 Å². The number of nitrogens with two attached hydrogens (primary N) is 1. The number of esters is 1. The standard InChI is InChI=1S/C25H32N4O3S/c26-25(33)28-27-18(12-15-29-13-6-7-14-29)16-20(17-8-2-1-3-9-17)22-23(30)19-10-4-5-11-21(19)32-24(22)31/h1-3,8-10,20-21,30H,4-7,11-16H2,(H3,26,28,33)/b27-18+. The summed E-state index contributed by atoms with van der Waals surface area (Å²) in [5.41, 5.74) is 11.2. The number of carbonyl (C=O) groups is 1. The maximum Gasteiger partial charge on any atom is 0.339 e. The Bertz CT molecular complexity index is 967. The van der Waals surface area contributed by atoms with Crippen LogP contribution >= 0.6 is 12.2 Å². The van der Waals surface area contributed by atoms with Crippen LogP contribution in [-0.4, -0.2) is 52.5 Å². The van der Waals surface area contributed by atoms with Gasteiger partial charge in [0.05, 0.1) is 5.57 Å². The first kappa shape index (κ1) is 23.4. The Morgan fingerprint density at radius 1 is 1.27 bits per heavy atom. The van der Waals surface area contributed by atoms with E-state index in [1.165, 1.54) is 12.8 Å². The molecule has 3 aliphatic rings. The Kier molecular flexibility index (Phi) is 7.77. The number of hydrogen-bond acceptors (Lipinski definition) is 6. The number of hydrogen-bond donors (Lipinski definition) is 3. The van der Waals surface area contributed by atoms with Crippen molar-refractivity contribution < 1.29 is 14.6 Å². The summed E-state index contributed by atoms with van der Waals surface area (Å²) in [4.78, 5) is 15.5. The van der Waals surface area contributed by atoms with Gasteiger partial charge in [-0.25, -0.2) is 4.79 Å². The van der Waals surface area contributed by atoms with Crippen molar-refractivity contribution in [2.45, 2.75) is 57.0 Å². The van der Waals surface area contributed by atoms with Gasteiger partial charge in [0.25, 0.3) is 0 Å². The van der Waals surface area contributed by atoms with Gasteiger partial charge in [-0.2, -0.15) is 5.10 Å². The Labute approximate surface area is 200 Å². The largest absolute Gasteiger partial charge is 0.507 e. The molecule has 1 fully saturated rings. The first-order valence-electron chi connectivity index (χ1n) is 11.8. The van der Waals surface area contributed by atoms with E-state index in [-0.39, 0.29) is 17.0 Å². The van der Waals surface area contributed by atoms with E-state index in [0.29, 0.717) is 18.4 Å². The lowest BCUT2D eigenvalue weighted by Crippen LogP contribution is -2.34. The molecule has 0 bridgehead atoms. The van der Waals surface area contributed by atoms with E-state index in [2.05, 4.69) is 15.4 Å². The SMILES string of the molecule is NC(=S)N/N=C(\CCN1CCCC1)CC(C1=C(O)C2=CCCCC2OC1=O)c1ccccc1. The van der Waals surface area contributed by atoms with E-state index < -0.39 is 11.9 Å².